The number of nitrogens with zero attached hydrogens (tertiary/aromatic N) is 1. The van der Waals surface area contributed by atoms with E-state index in [0.29, 0.717) is 6.61 Å². The maximum Gasteiger partial charge on any atom is 0.330 e. The number of carboxylic acids is 1. The Hall–Kier alpha value is -1.95. The van der Waals surface area contributed by atoms with E-state index in [4.69, 9.17) is 4.74 Å². The molecule has 0 aromatic carbocycles. The fraction of sp³-hybridized carbons (Fsp3) is 0.588. The highest BCUT2D eigenvalue weighted by molar-refractivity contribution is 5.90. The van der Waals surface area contributed by atoms with Crippen LogP contribution in [-0.4, -0.2) is 40.2 Å². The lowest BCUT2D eigenvalue weighted by molar-refractivity contribution is -0.194. The van der Waals surface area contributed by atoms with Crippen LogP contribution in [0, 0.1) is 12.3 Å². The standard InChI is InChI=1S/C17H24N2O4/c1-5-23-13-9-17(15(21)22,16(13,3)4)19-14(20)8-12-7-6-11(2)18-10-12/h6-7,10,13H,5,8-9H2,1-4H3,(H,19,20)(H,21,22). The van der Waals surface area contributed by atoms with E-state index in [-0.39, 0.29) is 24.9 Å². The molecule has 1 aliphatic carbocycles. The molecule has 1 aliphatic rings. The molecule has 1 aromatic rings. The fourth-order valence-corrected chi connectivity index (χ4v) is 3.11. The average molecular weight is 320 g/mol. The second-order valence-electron chi connectivity index (χ2n) is 6.61. The number of carboxylic acid groups (broad SMARTS) is 1. The normalized spacial score (nSPS) is 25.5. The molecular weight excluding hydrogens is 296 g/mol. The maximum atomic E-state index is 12.3. The molecular formula is C17H24N2O4. The predicted octanol–water partition coefficient (Wildman–Crippen LogP) is 1.71. The van der Waals surface area contributed by atoms with Gasteiger partial charge in [0.25, 0.3) is 0 Å². The number of hydrogen-bond acceptors (Lipinski definition) is 4. The molecule has 1 aromatic heterocycles. The van der Waals surface area contributed by atoms with Gasteiger partial charge in [-0.2, -0.15) is 0 Å². The molecule has 126 valence electrons. The first-order valence-corrected chi connectivity index (χ1v) is 7.80. The zero-order chi connectivity index (χ0) is 17.3. The van der Waals surface area contributed by atoms with Gasteiger partial charge >= 0.3 is 5.97 Å². The van der Waals surface area contributed by atoms with Gasteiger partial charge < -0.3 is 15.2 Å². The van der Waals surface area contributed by atoms with Crippen molar-refractivity contribution in [1.82, 2.24) is 10.3 Å². The molecule has 0 saturated heterocycles. The van der Waals surface area contributed by atoms with E-state index in [1.54, 1.807) is 6.20 Å². The topological polar surface area (TPSA) is 88.5 Å². The number of aromatic nitrogens is 1. The first-order chi connectivity index (χ1) is 10.7. The molecule has 0 spiro atoms. The van der Waals surface area contributed by atoms with E-state index in [0.717, 1.165) is 11.3 Å². The Morgan fingerprint density at radius 3 is 2.61 bits per heavy atom. The van der Waals surface area contributed by atoms with Crippen molar-refractivity contribution in [1.29, 1.82) is 0 Å². The number of aliphatic carboxylic acids is 1. The molecule has 23 heavy (non-hydrogen) atoms. The highest BCUT2D eigenvalue weighted by atomic mass is 16.5. The van der Waals surface area contributed by atoms with Gasteiger partial charge in [-0.1, -0.05) is 19.9 Å². The number of amides is 1. The Labute approximate surface area is 136 Å². The summed E-state index contributed by atoms with van der Waals surface area (Å²) in [6.45, 7) is 7.90. The highest BCUT2D eigenvalue weighted by Gasteiger charge is 2.66. The SMILES string of the molecule is CCOC1CC(NC(=O)Cc2ccc(C)nc2)(C(=O)O)C1(C)C. The quantitative estimate of drug-likeness (QED) is 0.833. The van der Waals surface area contributed by atoms with Crippen molar-refractivity contribution in [2.45, 2.75) is 52.2 Å². The number of carbonyl (C=O) groups is 2. The van der Waals surface area contributed by atoms with Gasteiger partial charge in [0.15, 0.2) is 0 Å². The number of pyridine rings is 1. The summed E-state index contributed by atoms with van der Waals surface area (Å²) < 4.78 is 5.59. The second kappa shape index (κ2) is 6.28. The van der Waals surface area contributed by atoms with Crippen LogP contribution < -0.4 is 5.32 Å². The van der Waals surface area contributed by atoms with Gasteiger partial charge in [-0.15, -0.1) is 0 Å². The molecule has 0 radical (unpaired) electrons. The number of aryl methyl sites for hydroxylation is 1. The Morgan fingerprint density at radius 1 is 1.43 bits per heavy atom. The van der Waals surface area contributed by atoms with Crippen LogP contribution in [0.3, 0.4) is 0 Å². The number of ether oxygens (including phenoxy) is 1. The molecule has 6 nitrogen and oxygen atoms in total. The largest absolute Gasteiger partial charge is 0.479 e. The van der Waals surface area contributed by atoms with E-state index in [9.17, 15) is 14.7 Å². The van der Waals surface area contributed by atoms with Gasteiger partial charge in [-0.3, -0.25) is 9.78 Å². The van der Waals surface area contributed by atoms with E-state index in [1.165, 1.54) is 0 Å². The number of carbonyl (C=O) groups excluding carboxylic acids is 1. The van der Waals surface area contributed by atoms with Crippen LogP contribution in [0.5, 0.6) is 0 Å². The Balaban J connectivity index is 2.10. The summed E-state index contributed by atoms with van der Waals surface area (Å²) in [7, 11) is 0. The number of rotatable bonds is 6. The van der Waals surface area contributed by atoms with E-state index >= 15 is 0 Å². The summed E-state index contributed by atoms with van der Waals surface area (Å²) in [5.74, 6) is -1.34. The third kappa shape index (κ3) is 3.08. The third-order valence-corrected chi connectivity index (χ3v) is 4.82. The van der Waals surface area contributed by atoms with Crippen LogP contribution in [-0.2, 0) is 20.7 Å². The molecule has 0 aliphatic heterocycles. The summed E-state index contributed by atoms with van der Waals surface area (Å²) in [5, 5.41) is 12.4. The maximum absolute atomic E-state index is 12.3. The highest BCUT2D eigenvalue weighted by Crippen LogP contribution is 2.51. The monoisotopic (exact) mass is 320 g/mol. The minimum atomic E-state index is -1.29. The fourth-order valence-electron chi connectivity index (χ4n) is 3.11. The van der Waals surface area contributed by atoms with Crippen LogP contribution in [0.15, 0.2) is 18.3 Å². The molecule has 1 saturated carbocycles. The molecule has 2 unspecified atom stereocenters. The lowest BCUT2D eigenvalue weighted by Gasteiger charge is -2.58. The minimum Gasteiger partial charge on any atom is -0.479 e. The smallest absolute Gasteiger partial charge is 0.330 e. The van der Waals surface area contributed by atoms with E-state index in [2.05, 4.69) is 10.3 Å². The van der Waals surface area contributed by atoms with Gasteiger partial charge in [0.05, 0.1) is 12.5 Å². The van der Waals surface area contributed by atoms with Crippen molar-refractivity contribution in [3.63, 3.8) is 0 Å². The molecule has 1 heterocycles. The van der Waals surface area contributed by atoms with E-state index in [1.807, 2.05) is 39.8 Å². The van der Waals surface area contributed by atoms with Gasteiger partial charge in [0.2, 0.25) is 5.91 Å². The molecule has 0 bridgehead atoms. The lowest BCUT2D eigenvalue weighted by Crippen LogP contribution is -2.76. The minimum absolute atomic E-state index is 0.109. The van der Waals surface area contributed by atoms with Crippen molar-refractivity contribution >= 4 is 11.9 Å². The van der Waals surface area contributed by atoms with Gasteiger partial charge in [0, 0.05) is 30.3 Å². The summed E-state index contributed by atoms with van der Waals surface area (Å²) in [6.07, 6.45) is 1.85. The summed E-state index contributed by atoms with van der Waals surface area (Å²) >= 11 is 0. The zero-order valence-electron chi connectivity index (χ0n) is 14.0. The molecule has 2 N–H and O–H groups in total. The second-order valence-corrected chi connectivity index (χ2v) is 6.61. The third-order valence-electron chi connectivity index (χ3n) is 4.82. The van der Waals surface area contributed by atoms with Crippen LogP contribution in [0.2, 0.25) is 0 Å². The van der Waals surface area contributed by atoms with Gasteiger partial charge in [-0.25, -0.2) is 4.79 Å². The Morgan fingerprint density at radius 2 is 2.13 bits per heavy atom. The van der Waals surface area contributed by atoms with Crippen molar-refractivity contribution in [2.24, 2.45) is 5.41 Å². The van der Waals surface area contributed by atoms with Crippen molar-refractivity contribution in [3.05, 3.63) is 29.6 Å². The van der Waals surface area contributed by atoms with Gasteiger partial charge in [-0.05, 0) is 25.5 Å². The molecule has 6 heteroatoms. The first kappa shape index (κ1) is 17.4. The lowest BCUT2D eigenvalue weighted by atomic mass is 9.54. The Bertz CT molecular complexity index is 597. The number of nitrogens with one attached hydrogen (secondary N) is 1. The van der Waals surface area contributed by atoms with E-state index < -0.39 is 16.9 Å². The summed E-state index contributed by atoms with van der Waals surface area (Å²) in [6, 6.07) is 3.65. The number of hydrogen-bond donors (Lipinski definition) is 2. The van der Waals surface area contributed by atoms with Crippen LogP contribution in [0.25, 0.3) is 0 Å². The van der Waals surface area contributed by atoms with Crippen molar-refractivity contribution in [2.75, 3.05) is 6.61 Å². The molecule has 1 amide bonds. The van der Waals surface area contributed by atoms with Crippen molar-refractivity contribution in [3.8, 4) is 0 Å². The van der Waals surface area contributed by atoms with Gasteiger partial charge in [0.1, 0.15) is 5.54 Å². The van der Waals surface area contributed by atoms with Crippen LogP contribution in [0.1, 0.15) is 38.4 Å². The Kier molecular flexibility index (Phi) is 4.75. The van der Waals surface area contributed by atoms with Crippen LogP contribution in [0.4, 0.5) is 0 Å². The average Bonchev–Trinajstić information content (AvgIpc) is 2.48. The summed E-state index contributed by atoms with van der Waals surface area (Å²) in [5.41, 5.74) is -0.332. The molecule has 2 atom stereocenters. The van der Waals surface area contributed by atoms with Crippen molar-refractivity contribution < 1.29 is 19.4 Å². The predicted molar refractivity (Wildman–Crippen MR) is 85.0 cm³/mol. The summed E-state index contributed by atoms with van der Waals surface area (Å²) in [4.78, 5) is 28.3. The van der Waals surface area contributed by atoms with Crippen LogP contribution >= 0.6 is 0 Å². The first-order valence-electron chi connectivity index (χ1n) is 7.80. The molecule has 2 rings (SSSR count). The molecule has 1 fully saturated rings. The zero-order valence-corrected chi connectivity index (χ0v) is 14.0.